The van der Waals surface area contributed by atoms with Crippen LogP contribution in [-0.2, 0) is 9.53 Å². The molecule has 0 heterocycles. The molecule has 0 radical (unpaired) electrons. The van der Waals surface area contributed by atoms with Crippen molar-refractivity contribution >= 4 is 5.97 Å². The molecule has 1 unspecified atom stereocenters. The van der Waals surface area contributed by atoms with Crippen LogP contribution >= 0.6 is 0 Å². The van der Waals surface area contributed by atoms with Crippen LogP contribution in [0.25, 0.3) is 0 Å². The van der Waals surface area contributed by atoms with Crippen molar-refractivity contribution in [2.75, 3.05) is 39.9 Å². The lowest BCUT2D eigenvalue weighted by Crippen LogP contribution is -2.50. The summed E-state index contributed by atoms with van der Waals surface area (Å²) in [7, 11) is 1.71. The first-order valence-electron chi connectivity index (χ1n) is 8.05. The van der Waals surface area contributed by atoms with E-state index in [9.17, 15) is 9.90 Å². The Morgan fingerprint density at radius 3 is 2.52 bits per heavy atom. The molecular formula is C16H34N2O3. The number of carboxylic acids is 1. The third kappa shape index (κ3) is 9.06. The first-order valence-corrected chi connectivity index (χ1v) is 8.05. The minimum absolute atomic E-state index is 0.603. The Kier molecular flexibility index (Phi) is 10.6. The summed E-state index contributed by atoms with van der Waals surface area (Å²) in [5.41, 5.74) is -0.819. The highest BCUT2D eigenvalue weighted by Crippen LogP contribution is 2.14. The largest absolute Gasteiger partial charge is 0.480 e. The quantitative estimate of drug-likeness (QED) is 0.546. The average molecular weight is 302 g/mol. The predicted molar refractivity (Wildman–Crippen MR) is 86.7 cm³/mol. The molecule has 0 saturated carbocycles. The van der Waals surface area contributed by atoms with Gasteiger partial charge >= 0.3 is 5.97 Å². The summed E-state index contributed by atoms with van der Waals surface area (Å²) in [4.78, 5) is 13.8. The molecule has 0 aromatic rings. The summed E-state index contributed by atoms with van der Waals surface area (Å²) in [6.07, 6.45) is 2.45. The summed E-state index contributed by atoms with van der Waals surface area (Å²) in [6, 6.07) is 0. The molecule has 2 N–H and O–H groups in total. The van der Waals surface area contributed by atoms with Gasteiger partial charge in [-0.25, -0.2) is 0 Å². The van der Waals surface area contributed by atoms with E-state index in [2.05, 4.69) is 24.1 Å². The van der Waals surface area contributed by atoms with Gasteiger partial charge in [-0.3, -0.25) is 4.79 Å². The number of rotatable bonds is 13. The lowest BCUT2D eigenvalue weighted by atomic mass is 9.95. The number of nitrogens with zero attached hydrogens (tertiary/aromatic N) is 1. The predicted octanol–water partition coefficient (Wildman–Crippen LogP) is 2.21. The molecule has 5 nitrogen and oxygen atoms in total. The van der Waals surface area contributed by atoms with Crippen LogP contribution in [0.2, 0.25) is 0 Å². The average Bonchev–Trinajstić information content (AvgIpc) is 2.41. The monoisotopic (exact) mass is 302 g/mol. The summed E-state index contributed by atoms with van der Waals surface area (Å²) >= 11 is 0. The van der Waals surface area contributed by atoms with Gasteiger partial charge in [0, 0.05) is 20.2 Å². The van der Waals surface area contributed by atoms with Crippen LogP contribution in [-0.4, -0.2) is 61.4 Å². The molecular weight excluding hydrogens is 268 g/mol. The molecule has 0 aliphatic heterocycles. The van der Waals surface area contributed by atoms with Crippen LogP contribution < -0.4 is 5.32 Å². The molecule has 126 valence electrons. The van der Waals surface area contributed by atoms with Crippen molar-refractivity contribution in [2.24, 2.45) is 5.92 Å². The maximum atomic E-state index is 11.5. The van der Waals surface area contributed by atoms with E-state index < -0.39 is 11.5 Å². The van der Waals surface area contributed by atoms with Gasteiger partial charge in [0.05, 0.1) is 6.61 Å². The molecule has 0 fully saturated rings. The molecule has 0 saturated heterocycles. The minimum atomic E-state index is -0.819. The second-order valence-corrected chi connectivity index (χ2v) is 6.35. The topological polar surface area (TPSA) is 61.8 Å². The van der Waals surface area contributed by atoms with E-state index in [4.69, 9.17) is 4.74 Å². The van der Waals surface area contributed by atoms with Crippen molar-refractivity contribution in [1.29, 1.82) is 0 Å². The van der Waals surface area contributed by atoms with Gasteiger partial charge in [-0.15, -0.1) is 0 Å². The highest BCUT2D eigenvalue weighted by atomic mass is 16.5. The molecule has 0 rings (SSSR count). The number of carboxylic acid groups (broad SMARTS) is 1. The lowest BCUT2D eigenvalue weighted by molar-refractivity contribution is -0.144. The second kappa shape index (κ2) is 11.0. The van der Waals surface area contributed by atoms with Crippen LogP contribution in [0, 0.1) is 5.92 Å². The van der Waals surface area contributed by atoms with E-state index in [1.807, 2.05) is 6.92 Å². The molecule has 0 aromatic heterocycles. The van der Waals surface area contributed by atoms with Crippen LogP contribution in [0.3, 0.4) is 0 Å². The molecule has 0 spiro atoms. The van der Waals surface area contributed by atoms with E-state index in [0.717, 1.165) is 45.6 Å². The smallest absolute Gasteiger partial charge is 0.323 e. The van der Waals surface area contributed by atoms with Gasteiger partial charge in [-0.05, 0) is 45.2 Å². The molecule has 0 bridgehead atoms. The van der Waals surface area contributed by atoms with Gasteiger partial charge in [0.25, 0.3) is 0 Å². The number of nitrogens with one attached hydrogen (secondary N) is 1. The minimum Gasteiger partial charge on any atom is -0.480 e. The van der Waals surface area contributed by atoms with Crippen molar-refractivity contribution in [2.45, 2.75) is 52.5 Å². The lowest BCUT2D eigenvalue weighted by Gasteiger charge is -2.29. The van der Waals surface area contributed by atoms with Gasteiger partial charge in [0.2, 0.25) is 0 Å². The van der Waals surface area contributed by atoms with Gasteiger partial charge in [-0.1, -0.05) is 20.8 Å². The van der Waals surface area contributed by atoms with E-state index in [1.54, 1.807) is 14.0 Å². The SMILES string of the molecule is CCCNC(C)(CCCN(CCOC)CC(C)C)C(=O)O. The second-order valence-electron chi connectivity index (χ2n) is 6.35. The maximum absolute atomic E-state index is 11.5. The summed E-state index contributed by atoms with van der Waals surface area (Å²) < 4.78 is 5.14. The highest BCUT2D eigenvalue weighted by Gasteiger charge is 2.31. The van der Waals surface area contributed by atoms with E-state index >= 15 is 0 Å². The Balaban J connectivity index is 4.32. The van der Waals surface area contributed by atoms with Crippen LogP contribution in [0.1, 0.15) is 47.0 Å². The third-order valence-corrected chi connectivity index (χ3v) is 3.62. The number of methoxy groups -OCH3 is 1. The fourth-order valence-electron chi connectivity index (χ4n) is 2.36. The molecule has 0 aliphatic carbocycles. The molecule has 1 atom stereocenters. The Morgan fingerprint density at radius 1 is 1.38 bits per heavy atom. The number of carbonyl (C=O) groups is 1. The van der Waals surface area contributed by atoms with Crippen molar-refractivity contribution in [3.8, 4) is 0 Å². The van der Waals surface area contributed by atoms with E-state index in [1.165, 1.54) is 0 Å². The third-order valence-electron chi connectivity index (χ3n) is 3.62. The Labute approximate surface area is 130 Å². The maximum Gasteiger partial charge on any atom is 0.323 e. The van der Waals surface area contributed by atoms with Gasteiger partial charge in [0.1, 0.15) is 5.54 Å². The van der Waals surface area contributed by atoms with Crippen LogP contribution in [0.4, 0.5) is 0 Å². The zero-order chi connectivity index (χ0) is 16.3. The first kappa shape index (κ1) is 20.3. The normalized spacial score (nSPS) is 14.6. The molecule has 21 heavy (non-hydrogen) atoms. The Bertz CT molecular complexity index is 285. The van der Waals surface area contributed by atoms with Crippen molar-refractivity contribution in [1.82, 2.24) is 10.2 Å². The zero-order valence-corrected chi connectivity index (χ0v) is 14.4. The zero-order valence-electron chi connectivity index (χ0n) is 14.4. The van der Waals surface area contributed by atoms with Crippen LogP contribution in [0.15, 0.2) is 0 Å². The Morgan fingerprint density at radius 2 is 2.05 bits per heavy atom. The molecule has 0 aromatic carbocycles. The highest BCUT2D eigenvalue weighted by molar-refractivity contribution is 5.78. The Hall–Kier alpha value is -0.650. The van der Waals surface area contributed by atoms with Gasteiger partial charge < -0.3 is 20.1 Å². The molecule has 0 amide bonds. The van der Waals surface area contributed by atoms with Gasteiger partial charge in [-0.2, -0.15) is 0 Å². The van der Waals surface area contributed by atoms with Crippen LogP contribution in [0.5, 0.6) is 0 Å². The summed E-state index contributed by atoms with van der Waals surface area (Å²) in [6.45, 7) is 12.5. The van der Waals surface area contributed by atoms with E-state index in [0.29, 0.717) is 12.3 Å². The standard InChI is InChI=1S/C16H34N2O3/c1-6-9-17-16(4,15(19)20)8-7-10-18(11-12-21-5)13-14(2)3/h14,17H,6-13H2,1-5H3,(H,19,20). The van der Waals surface area contributed by atoms with Crippen molar-refractivity contribution < 1.29 is 14.6 Å². The molecule has 5 heteroatoms. The van der Waals surface area contributed by atoms with Crippen molar-refractivity contribution in [3.63, 3.8) is 0 Å². The van der Waals surface area contributed by atoms with Crippen molar-refractivity contribution in [3.05, 3.63) is 0 Å². The van der Waals surface area contributed by atoms with Gasteiger partial charge in [0.15, 0.2) is 0 Å². The fourth-order valence-corrected chi connectivity index (χ4v) is 2.36. The fraction of sp³-hybridized carbons (Fsp3) is 0.938. The number of aliphatic carboxylic acids is 1. The number of ether oxygens (including phenoxy) is 1. The summed E-state index contributed by atoms with van der Waals surface area (Å²) in [5, 5.41) is 12.6. The summed E-state index contributed by atoms with van der Waals surface area (Å²) in [5.74, 6) is -0.158. The number of hydrogen-bond acceptors (Lipinski definition) is 4. The van der Waals surface area contributed by atoms with E-state index in [-0.39, 0.29) is 0 Å². The first-order chi connectivity index (χ1) is 9.85. The number of hydrogen-bond donors (Lipinski definition) is 2. The molecule has 0 aliphatic rings.